The summed E-state index contributed by atoms with van der Waals surface area (Å²) in [6.07, 6.45) is 3.25. The van der Waals surface area contributed by atoms with E-state index in [9.17, 15) is 21.6 Å². The Bertz CT molecular complexity index is 852. The number of hydrogen-bond acceptors (Lipinski definition) is 5. The van der Waals surface area contributed by atoms with E-state index < -0.39 is 21.8 Å². The van der Waals surface area contributed by atoms with Crippen LogP contribution >= 0.6 is 0 Å². The summed E-state index contributed by atoms with van der Waals surface area (Å²) >= 11 is 0. The van der Waals surface area contributed by atoms with Crippen LogP contribution in [0.3, 0.4) is 0 Å². The summed E-state index contributed by atoms with van der Waals surface area (Å²) in [5, 5.41) is 8.99. The topological polar surface area (TPSA) is 70.1 Å². The Morgan fingerprint density at radius 2 is 1.71 bits per heavy atom. The molecule has 0 radical (unpaired) electrons. The van der Waals surface area contributed by atoms with Crippen molar-refractivity contribution in [2.45, 2.75) is 43.7 Å². The van der Waals surface area contributed by atoms with E-state index >= 15 is 0 Å². The van der Waals surface area contributed by atoms with Crippen molar-refractivity contribution in [3.63, 3.8) is 0 Å². The molecule has 10 heteroatoms. The van der Waals surface area contributed by atoms with Crippen molar-refractivity contribution in [2.75, 3.05) is 53.0 Å². The van der Waals surface area contributed by atoms with E-state index in [0.29, 0.717) is 32.2 Å². The highest BCUT2D eigenvalue weighted by molar-refractivity contribution is 7.89. The molecule has 0 heterocycles. The van der Waals surface area contributed by atoms with Crippen LogP contribution in [0.1, 0.15) is 38.2 Å². The fourth-order valence-corrected chi connectivity index (χ4v) is 5.40. The lowest BCUT2D eigenvalue weighted by Crippen LogP contribution is -2.34. The van der Waals surface area contributed by atoms with Gasteiger partial charge in [-0.25, -0.2) is 12.7 Å². The van der Waals surface area contributed by atoms with Gasteiger partial charge in [-0.3, -0.25) is 4.90 Å². The van der Waals surface area contributed by atoms with Gasteiger partial charge in [-0.15, -0.1) is 0 Å². The fraction of sp³-hybridized carbons (Fsp3) is 0.667. The molecule has 1 aromatic carbocycles. The van der Waals surface area contributed by atoms with Crippen LogP contribution < -0.4 is 0 Å². The van der Waals surface area contributed by atoms with Gasteiger partial charge in [0.2, 0.25) is 10.0 Å². The normalized spacial score (nSPS) is 20.0. The van der Waals surface area contributed by atoms with Crippen molar-refractivity contribution in [3.8, 4) is 0 Å². The molecule has 1 N–H and O–H groups in total. The number of rotatable bonds is 13. The van der Waals surface area contributed by atoms with Gasteiger partial charge < -0.3 is 9.84 Å². The SMILES string of the molecule is CCN(C/C=C/COCC1CCC(CN(C)S(=O)(=O)c2ccc(C(F)(F)F)cc2)CC1)CCO. The van der Waals surface area contributed by atoms with Crippen LogP contribution in [0.5, 0.6) is 0 Å². The van der Waals surface area contributed by atoms with Crippen molar-refractivity contribution in [2.24, 2.45) is 11.8 Å². The second-order valence-corrected chi connectivity index (χ2v) is 10.9. The molecular formula is C24H37F3N2O4S. The number of halogens is 3. The van der Waals surface area contributed by atoms with E-state index in [1.54, 1.807) is 0 Å². The van der Waals surface area contributed by atoms with E-state index in [1.807, 2.05) is 12.2 Å². The zero-order valence-corrected chi connectivity index (χ0v) is 20.8. The maximum absolute atomic E-state index is 12.8. The van der Waals surface area contributed by atoms with Gasteiger partial charge >= 0.3 is 6.18 Å². The molecular weight excluding hydrogens is 469 g/mol. The van der Waals surface area contributed by atoms with Gasteiger partial charge in [0.15, 0.2) is 0 Å². The molecule has 0 saturated heterocycles. The molecule has 1 saturated carbocycles. The Hall–Kier alpha value is -1.46. The van der Waals surface area contributed by atoms with Gasteiger partial charge in [0.05, 0.1) is 23.7 Å². The second-order valence-electron chi connectivity index (χ2n) is 8.82. The standard InChI is InChI=1S/C24H37F3N2O4S/c1-3-29(15-16-30)14-4-5-17-33-19-21-8-6-20(7-9-21)18-28(2)34(31,32)23-12-10-22(11-13-23)24(25,26)27/h4-5,10-13,20-21,30H,3,6-9,14-19H2,1-2H3/b5-4+. The first-order valence-electron chi connectivity index (χ1n) is 11.8. The van der Waals surface area contributed by atoms with Crippen LogP contribution in [0.15, 0.2) is 41.3 Å². The highest BCUT2D eigenvalue weighted by atomic mass is 32.2. The third-order valence-corrected chi connectivity index (χ3v) is 8.17. The highest BCUT2D eigenvalue weighted by Gasteiger charge is 2.32. The van der Waals surface area contributed by atoms with Crippen molar-refractivity contribution < 1.29 is 31.4 Å². The molecule has 1 fully saturated rings. The Kier molecular flexibility index (Phi) is 11.5. The summed E-state index contributed by atoms with van der Waals surface area (Å²) in [4.78, 5) is 2.00. The highest BCUT2D eigenvalue weighted by Crippen LogP contribution is 2.32. The predicted octanol–water partition coefficient (Wildman–Crippen LogP) is 4.02. The molecule has 0 aromatic heterocycles. The Morgan fingerprint density at radius 1 is 1.09 bits per heavy atom. The van der Waals surface area contributed by atoms with Gasteiger partial charge in [-0.2, -0.15) is 13.2 Å². The summed E-state index contributed by atoms with van der Waals surface area (Å²) in [7, 11) is -2.35. The minimum atomic E-state index is -4.50. The number of aliphatic hydroxyl groups excluding tert-OH is 1. The molecule has 0 aliphatic heterocycles. The summed E-state index contributed by atoms with van der Waals surface area (Å²) in [6, 6.07) is 3.64. The van der Waals surface area contributed by atoms with Gasteiger partial charge in [0.25, 0.3) is 0 Å². The smallest absolute Gasteiger partial charge is 0.395 e. The summed E-state index contributed by atoms with van der Waals surface area (Å²) in [6.45, 7) is 6.10. The molecule has 6 nitrogen and oxygen atoms in total. The molecule has 0 spiro atoms. The fourth-order valence-electron chi connectivity index (χ4n) is 4.15. The number of nitrogens with zero attached hydrogens (tertiary/aromatic N) is 2. The monoisotopic (exact) mass is 506 g/mol. The number of ether oxygens (including phenoxy) is 1. The summed E-state index contributed by atoms with van der Waals surface area (Å²) in [5.41, 5.74) is -0.866. The molecule has 34 heavy (non-hydrogen) atoms. The number of likely N-dealkylation sites (N-methyl/N-ethyl adjacent to an activating group) is 1. The number of sulfonamides is 1. The van der Waals surface area contributed by atoms with Gasteiger partial charge in [-0.1, -0.05) is 19.1 Å². The molecule has 0 amide bonds. The van der Waals surface area contributed by atoms with Gasteiger partial charge in [0.1, 0.15) is 0 Å². The molecule has 0 unspecified atom stereocenters. The van der Waals surface area contributed by atoms with E-state index in [0.717, 1.165) is 63.0 Å². The summed E-state index contributed by atoms with van der Waals surface area (Å²) in [5.74, 6) is 0.667. The first-order chi connectivity index (χ1) is 16.1. The van der Waals surface area contributed by atoms with E-state index in [2.05, 4.69) is 11.8 Å². The van der Waals surface area contributed by atoms with Crippen molar-refractivity contribution in [1.82, 2.24) is 9.21 Å². The summed E-state index contributed by atoms with van der Waals surface area (Å²) < 4.78 is 70.7. The minimum Gasteiger partial charge on any atom is -0.395 e. The molecule has 1 aliphatic carbocycles. The van der Waals surface area contributed by atoms with Crippen LogP contribution in [0.2, 0.25) is 0 Å². The van der Waals surface area contributed by atoms with Crippen molar-refractivity contribution >= 4 is 10.0 Å². The van der Waals surface area contributed by atoms with Crippen LogP contribution in [0.25, 0.3) is 0 Å². The third kappa shape index (κ3) is 8.96. The maximum Gasteiger partial charge on any atom is 0.416 e. The van der Waals surface area contributed by atoms with Gasteiger partial charge in [-0.05, 0) is 68.3 Å². The molecule has 1 aromatic rings. The maximum atomic E-state index is 12.8. The number of aliphatic hydroxyl groups is 1. The van der Waals surface area contributed by atoms with E-state index in [1.165, 1.54) is 11.4 Å². The first kappa shape index (κ1) is 28.8. The second kappa shape index (κ2) is 13.6. The van der Waals surface area contributed by atoms with E-state index in [4.69, 9.17) is 9.84 Å². The quantitative estimate of drug-likeness (QED) is 0.323. The van der Waals surface area contributed by atoms with Crippen LogP contribution in [-0.2, 0) is 20.9 Å². The lowest BCUT2D eigenvalue weighted by atomic mass is 9.82. The van der Waals surface area contributed by atoms with Crippen molar-refractivity contribution in [1.29, 1.82) is 0 Å². The number of hydrogen-bond donors (Lipinski definition) is 1. The Balaban J connectivity index is 1.72. The average Bonchev–Trinajstić information content (AvgIpc) is 2.81. The van der Waals surface area contributed by atoms with Crippen molar-refractivity contribution in [3.05, 3.63) is 42.0 Å². The molecule has 0 bridgehead atoms. The number of alkyl halides is 3. The predicted molar refractivity (Wildman–Crippen MR) is 126 cm³/mol. The van der Waals surface area contributed by atoms with E-state index in [-0.39, 0.29) is 17.4 Å². The Labute approximate surface area is 201 Å². The molecule has 194 valence electrons. The van der Waals surface area contributed by atoms with Crippen LogP contribution in [0.4, 0.5) is 13.2 Å². The first-order valence-corrected chi connectivity index (χ1v) is 13.2. The Morgan fingerprint density at radius 3 is 2.26 bits per heavy atom. The average molecular weight is 507 g/mol. The number of benzene rings is 1. The lowest BCUT2D eigenvalue weighted by molar-refractivity contribution is -0.137. The molecule has 1 aliphatic rings. The minimum absolute atomic E-state index is 0.128. The molecule has 0 atom stereocenters. The van der Waals surface area contributed by atoms with Crippen LogP contribution in [0, 0.1) is 11.8 Å². The van der Waals surface area contributed by atoms with Crippen LogP contribution in [-0.4, -0.2) is 75.8 Å². The zero-order valence-electron chi connectivity index (χ0n) is 20.0. The van der Waals surface area contributed by atoms with Gasteiger partial charge in [0, 0.05) is 33.3 Å². The third-order valence-electron chi connectivity index (χ3n) is 6.33. The lowest BCUT2D eigenvalue weighted by Gasteiger charge is -2.30. The molecule has 2 rings (SSSR count). The zero-order chi connectivity index (χ0) is 25.2. The largest absolute Gasteiger partial charge is 0.416 e.